The van der Waals surface area contributed by atoms with Crippen LogP contribution in [0.1, 0.15) is 30.4 Å². The summed E-state index contributed by atoms with van der Waals surface area (Å²) in [5, 5.41) is 0. The quantitative estimate of drug-likeness (QED) is 0.769. The van der Waals surface area contributed by atoms with Crippen molar-refractivity contribution in [2.24, 2.45) is 0 Å². The molecule has 2 rings (SSSR count). The zero-order valence-electron chi connectivity index (χ0n) is 10.7. The fourth-order valence-electron chi connectivity index (χ4n) is 2.25. The Hall–Kier alpha value is -1.89. The number of carbonyl (C=O) groups excluding carboxylic acids is 1. The summed E-state index contributed by atoms with van der Waals surface area (Å²) in [7, 11) is 0. The minimum atomic E-state index is 0.0198. The van der Waals surface area contributed by atoms with E-state index in [4.69, 9.17) is 0 Å². The standard InChI is InChI=1S/C17H18O/c1-2-16(15-11-7-4-8-12-15)17(18)13-14-9-5-3-6-10-14/h3-12,16H,2,13H2,1H3. The number of benzene rings is 2. The first kappa shape index (κ1) is 12.6. The lowest BCUT2D eigenvalue weighted by Gasteiger charge is -2.14. The van der Waals surface area contributed by atoms with Crippen LogP contribution >= 0.6 is 0 Å². The number of ketones is 1. The van der Waals surface area contributed by atoms with Gasteiger partial charge in [-0.25, -0.2) is 0 Å². The van der Waals surface area contributed by atoms with Crippen molar-refractivity contribution in [2.75, 3.05) is 0 Å². The molecule has 0 aliphatic carbocycles. The van der Waals surface area contributed by atoms with E-state index >= 15 is 0 Å². The zero-order valence-corrected chi connectivity index (χ0v) is 10.7. The van der Waals surface area contributed by atoms with Crippen molar-refractivity contribution >= 4 is 5.78 Å². The first-order valence-electron chi connectivity index (χ1n) is 6.43. The van der Waals surface area contributed by atoms with E-state index in [1.807, 2.05) is 60.7 Å². The third kappa shape index (κ3) is 3.07. The molecule has 0 heterocycles. The smallest absolute Gasteiger partial charge is 0.144 e. The SMILES string of the molecule is CCC(C(=O)Cc1ccccc1)c1ccccc1. The van der Waals surface area contributed by atoms with Gasteiger partial charge in [-0.2, -0.15) is 0 Å². The maximum Gasteiger partial charge on any atom is 0.144 e. The Kier molecular flexibility index (Phi) is 4.30. The average molecular weight is 238 g/mol. The molecule has 2 aromatic carbocycles. The molecular formula is C17H18O. The second kappa shape index (κ2) is 6.15. The van der Waals surface area contributed by atoms with Crippen molar-refractivity contribution in [2.45, 2.75) is 25.7 Å². The monoisotopic (exact) mass is 238 g/mol. The van der Waals surface area contributed by atoms with Crippen LogP contribution in [0.25, 0.3) is 0 Å². The largest absolute Gasteiger partial charge is 0.299 e. The minimum absolute atomic E-state index is 0.0198. The highest BCUT2D eigenvalue weighted by Gasteiger charge is 2.18. The topological polar surface area (TPSA) is 17.1 Å². The molecule has 0 radical (unpaired) electrons. The van der Waals surface area contributed by atoms with Gasteiger partial charge >= 0.3 is 0 Å². The Labute approximate surface area is 108 Å². The molecule has 92 valence electrons. The molecule has 0 aliphatic rings. The molecule has 0 fully saturated rings. The van der Waals surface area contributed by atoms with E-state index in [2.05, 4.69) is 6.92 Å². The van der Waals surface area contributed by atoms with Crippen LogP contribution in [0.15, 0.2) is 60.7 Å². The summed E-state index contributed by atoms with van der Waals surface area (Å²) in [4.78, 5) is 12.3. The maximum atomic E-state index is 12.3. The predicted molar refractivity (Wildman–Crippen MR) is 74.6 cm³/mol. The fraction of sp³-hybridized carbons (Fsp3) is 0.235. The number of hydrogen-bond donors (Lipinski definition) is 0. The molecule has 0 saturated heterocycles. The van der Waals surface area contributed by atoms with Crippen LogP contribution in [0, 0.1) is 0 Å². The first-order valence-corrected chi connectivity index (χ1v) is 6.43. The van der Waals surface area contributed by atoms with Gasteiger partial charge in [-0.3, -0.25) is 4.79 Å². The lowest BCUT2D eigenvalue weighted by molar-refractivity contribution is -0.119. The molecule has 18 heavy (non-hydrogen) atoms. The Morgan fingerprint density at radius 1 is 0.944 bits per heavy atom. The van der Waals surface area contributed by atoms with Gasteiger partial charge in [0, 0.05) is 12.3 Å². The molecule has 1 nitrogen and oxygen atoms in total. The van der Waals surface area contributed by atoms with Crippen molar-refractivity contribution in [1.29, 1.82) is 0 Å². The van der Waals surface area contributed by atoms with E-state index in [0.717, 1.165) is 17.5 Å². The number of Topliss-reactive ketones (excluding diaryl/α,β-unsaturated/α-hetero) is 1. The van der Waals surface area contributed by atoms with Crippen LogP contribution in [0.4, 0.5) is 0 Å². The normalized spacial score (nSPS) is 12.1. The van der Waals surface area contributed by atoms with Crippen molar-refractivity contribution in [3.63, 3.8) is 0 Å². The highest BCUT2D eigenvalue weighted by Crippen LogP contribution is 2.22. The fourth-order valence-corrected chi connectivity index (χ4v) is 2.25. The maximum absolute atomic E-state index is 12.3. The summed E-state index contributed by atoms with van der Waals surface area (Å²) >= 11 is 0. The third-order valence-electron chi connectivity index (χ3n) is 3.22. The van der Waals surface area contributed by atoms with Gasteiger partial charge in [-0.1, -0.05) is 67.6 Å². The van der Waals surface area contributed by atoms with Crippen LogP contribution in [-0.4, -0.2) is 5.78 Å². The van der Waals surface area contributed by atoms with E-state index in [-0.39, 0.29) is 5.92 Å². The molecule has 0 aliphatic heterocycles. The highest BCUT2D eigenvalue weighted by atomic mass is 16.1. The van der Waals surface area contributed by atoms with Gasteiger partial charge in [0.1, 0.15) is 5.78 Å². The Bertz CT molecular complexity index is 488. The lowest BCUT2D eigenvalue weighted by Crippen LogP contribution is -2.14. The van der Waals surface area contributed by atoms with Gasteiger partial charge in [0.2, 0.25) is 0 Å². The van der Waals surface area contributed by atoms with Crippen molar-refractivity contribution in [3.8, 4) is 0 Å². The van der Waals surface area contributed by atoms with Crippen molar-refractivity contribution in [3.05, 3.63) is 71.8 Å². The summed E-state index contributed by atoms with van der Waals surface area (Å²) in [6.07, 6.45) is 1.38. The Morgan fingerprint density at radius 3 is 2.06 bits per heavy atom. The second-order valence-electron chi connectivity index (χ2n) is 4.50. The average Bonchev–Trinajstić information content (AvgIpc) is 2.42. The molecule has 1 unspecified atom stereocenters. The Morgan fingerprint density at radius 2 is 1.50 bits per heavy atom. The summed E-state index contributed by atoms with van der Waals surface area (Å²) in [5.74, 6) is 0.321. The molecule has 1 atom stereocenters. The summed E-state index contributed by atoms with van der Waals surface area (Å²) in [6, 6.07) is 20.0. The molecule has 0 amide bonds. The van der Waals surface area contributed by atoms with E-state index < -0.39 is 0 Å². The van der Waals surface area contributed by atoms with Crippen LogP contribution < -0.4 is 0 Å². The van der Waals surface area contributed by atoms with E-state index in [1.165, 1.54) is 0 Å². The second-order valence-corrected chi connectivity index (χ2v) is 4.50. The van der Waals surface area contributed by atoms with Crippen molar-refractivity contribution < 1.29 is 4.79 Å². The number of carbonyl (C=O) groups is 1. The number of rotatable bonds is 5. The molecular weight excluding hydrogens is 220 g/mol. The lowest BCUT2D eigenvalue weighted by atomic mass is 9.89. The molecule has 0 spiro atoms. The van der Waals surface area contributed by atoms with Gasteiger partial charge < -0.3 is 0 Å². The van der Waals surface area contributed by atoms with Crippen LogP contribution in [0.5, 0.6) is 0 Å². The summed E-state index contributed by atoms with van der Waals surface area (Å²) in [5.41, 5.74) is 2.22. The zero-order chi connectivity index (χ0) is 12.8. The third-order valence-corrected chi connectivity index (χ3v) is 3.22. The van der Waals surface area contributed by atoms with Crippen molar-refractivity contribution in [1.82, 2.24) is 0 Å². The van der Waals surface area contributed by atoms with Crippen LogP contribution in [0.2, 0.25) is 0 Å². The molecule has 0 N–H and O–H groups in total. The van der Waals surface area contributed by atoms with E-state index in [9.17, 15) is 4.79 Å². The van der Waals surface area contributed by atoms with Gasteiger partial charge in [-0.05, 0) is 17.5 Å². The van der Waals surface area contributed by atoms with Gasteiger partial charge in [0.15, 0.2) is 0 Å². The predicted octanol–water partition coefficient (Wildman–Crippen LogP) is 3.99. The Balaban J connectivity index is 2.12. The van der Waals surface area contributed by atoms with E-state index in [0.29, 0.717) is 12.2 Å². The molecule has 0 bridgehead atoms. The minimum Gasteiger partial charge on any atom is -0.299 e. The molecule has 0 aromatic heterocycles. The first-order chi connectivity index (χ1) is 8.81. The van der Waals surface area contributed by atoms with Gasteiger partial charge in [0.05, 0.1) is 0 Å². The van der Waals surface area contributed by atoms with Gasteiger partial charge in [-0.15, -0.1) is 0 Å². The van der Waals surface area contributed by atoms with Crippen LogP contribution in [-0.2, 0) is 11.2 Å². The molecule has 2 aromatic rings. The van der Waals surface area contributed by atoms with E-state index in [1.54, 1.807) is 0 Å². The number of hydrogen-bond acceptors (Lipinski definition) is 1. The molecule has 0 saturated carbocycles. The molecule has 1 heteroatoms. The van der Waals surface area contributed by atoms with Gasteiger partial charge in [0.25, 0.3) is 0 Å². The summed E-state index contributed by atoms with van der Waals surface area (Å²) < 4.78 is 0. The van der Waals surface area contributed by atoms with Crippen LogP contribution in [0.3, 0.4) is 0 Å². The highest BCUT2D eigenvalue weighted by molar-refractivity contribution is 5.87. The summed E-state index contributed by atoms with van der Waals surface area (Å²) in [6.45, 7) is 2.07.